The molecule has 0 aliphatic carbocycles. The van der Waals surface area contributed by atoms with E-state index in [9.17, 15) is 13.2 Å². The van der Waals surface area contributed by atoms with Crippen molar-refractivity contribution in [2.75, 3.05) is 19.7 Å². The van der Waals surface area contributed by atoms with Gasteiger partial charge >= 0.3 is 6.18 Å². The molecule has 0 radical (unpaired) electrons. The lowest BCUT2D eigenvalue weighted by Gasteiger charge is -2.11. The molecule has 0 bridgehead atoms. The molecule has 1 aromatic rings. The summed E-state index contributed by atoms with van der Waals surface area (Å²) in [4.78, 5) is 8.19. The first-order valence-electron chi connectivity index (χ1n) is 8.11. The Morgan fingerprint density at radius 1 is 1.24 bits per heavy atom. The van der Waals surface area contributed by atoms with Gasteiger partial charge in [-0.25, -0.2) is 9.98 Å². The zero-order valence-corrected chi connectivity index (χ0v) is 16.9. The first-order valence-corrected chi connectivity index (χ1v) is 8.11. The smallest absolute Gasteiger partial charge is 0.422 e. The number of aromatic nitrogens is 1. The topological polar surface area (TPSA) is 58.5 Å². The van der Waals surface area contributed by atoms with Crippen molar-refractivity contribution in [2.45, 2.75) is 45.8 Å². The molecule has 0 aliphatic rings. The maximum absolute atomic E-state index is 12.2. The Balaban J connectivity index is 0.00000576. The molecule has 0 amide bonds. The summed E-state index contributed by atoms with van der Waals surface area (Å²) in [5.41, 5.74) is 0.730. The Morgan fingerprint density at radius 2 is 2.00 bits per heavy atom. The van der Waals surface area contributed by atoms with E-state index in [1.807, 2.05) is 6.92 Å². The number of rotatable bonds is 9. The van der Waals surface area contributed by atoms with Crippen molar-refractivity contribution in [1.29, 1.82) is 0 Å². The number of ether oxygens (including phenoxy) is 1. The number of alkyl halides is 3. The van der Waals surface area contributed by atoms with Crippen LogP contribution in [-0.2, 0) is 6.54 Å². The summed E-state index contributed by atoms with van der Waals surface area (Å²) in [5.74, 6) is 0.629. The zero-order valence-electron chi connectivity index (χ0n) is 14.5. The number of aliphatic imine (C=N–C) groups is 1. The van der Waals surface area contributed by atoms with E-state index in [4.69, 9.17) is 0 Å². The Hall–Kier alpha value is -1.26. The Morgan fingerprint density at radius 3 is 2.64 bits per heavy atom. The number of nitrogens with zero attached hydrogens (tertiary/aromatic N) is 2. The summed E-state index contributed by atoms with van der Waals surface area (Å²) < 4.78 is 41.1. The van der Waals surface area contributed by atoms with Crippen LogP contribution in [0.4, 0.5) is 13.2 Å². The van der Waals surface area contributed by atoms with Crippen LogP contribution in [0.1, 0.15) is 38.7 Å². The molecule has 5 nitrogen and oxygen atoms in total. The first kappa shape index (κ1) is 23.7. The fourth-order valence-electron chi connectivity index (χ4n) is 1.88. The SMILES string of the molecule is CCCCCNC(=NCc1ccnc(OCC(F)(F)F)c1)NCC.I. The van der Waals surface area contributed by atoms with E-state index in [2.05, 4.69) is 32.3 Å². The van der Waals surface area contributed by atoms with Gasteiger partial charge in [-0.3, -0.25) is 0 Å². The highest BCUT2D eigenvalue weighted by Crippen LogP contribution is 2.17. The number of nitrogens with one attached hydrogen (secondary N) is 2. The molecular formula is C16H26F3IN4O. The van der Waals surface area contributed by atoms with Gasteiger partial charge in [-0.2, -0.15) is 13.2 Å². The van der Waals surface area contributed by atoms with Crippen molar-refractivity contribution in [3.8, 4) is 5.88 Å². The molecule has 0 unspecified atom stereocenters. The van der Waals surface area contributed by atoms with E-state index in [0.29, 0.717) is 12.5 Å². The molecule has 144 valence electrons. The van der Waals surface area contributed by atoms with Gasteiger partial charge in [-0.05, 0) is 25.0 Å². The van der Waals surface area contributed by atoms with Crippen LogP contribution in [0.15, 0.2) is 23.3 Å². The second-order valence-electron chi connectivity index (χ2n) is 5.24. The Bertz CT molecular complexity index is 512. The molecule has 25 heavy (non-hydrogen) atoms. The van der Waals surface area contributed by atoms with E-state index in [1.54, 1.807) is 6.07 Å². The molecule has 0 fully saturated rings. The van der Waals surface area contributed by atoms with E-state index in [-0.39, 0.29) is 29.9 Å². The Kier molecular flexibility index (Phi) is 12.4. The predicted molar refractivity (Wildman–Crippen MR) is 104 cm³/mol. The zero-order chi connectivity index (χ0) is 17.8. The summed E-state index contributed by atoms with van der Waals surface area (Å²) in [6, 6.07) is 3.17. The predicted octanol–water partition coefficient (Wildman–Crippen LogP) is 3.89. The number of unbranched alkanes of at least 4 members (excludes halogenated alkanes) is 2. The highest BCUT2D eigenvalue weighted by Gasteiger charge is 2.28. The maximum Gasteiger partial charge on any atom is 0.422 e. The number of halogens is 4. The summed E-state index contributed by atoms with van der Waals surface area (Å²) in [5, 5.41) is 6.36. The summed E-state index contributed by atoms with van der Waals surface area (Å²) in [6.07, 6.45) is 0.393. The van der Waals surface area contributed by atoms with Gasteiger partial charge in [0, 0.05) is 25.4 Å². The largest absolute Gasteiger partial charge is 0.468 e. The van der Waals surface area contributed by atoms with Crippen LogP contribution in [0.25, 0.3) is 0 Å². The fraction of sp³-hybridized carbons (Fsp3) is 0.625. The number of hydrogen-bond donors (Lipinski definition) is 2. The molecule has 0 saturated carbocycles. The molecule has 0 aromatic carbocycles. The average molecular weight is 474 g/mol. The van der Waals surface area contributed by atoms with Crippen LogP contribution in [-0.4, -0.2) is 36.8 Å². The minimum atomic E-state index is -4.38. The molecule has 0 saturated heterocycles. The average Bonchev–Trinajstić information content (AvgIpc) is 2.54. The van der Waals surface area contributed by atoms with Crippen molar-refractivity contribution in [1.82, 2.24) is 15.6 Å². The Labute approximate surface area is 163 Å². The van der Waals surface area contributed by atoms with Gasteiger partial charge in [0.05, 0.1) is 6.54 Å². The summed E-state index contributed by atoms with van der Waals surface area (Å²) >= 11 is 0. The number of guanidine groups is 1. The summed E-state index contributed by atoms with van der Waals surface area (Å²) in [7, 11) is 0. The van der Waals surface area contributed by atoms with Crippen LogP contribution < -0.4 is 15.4 Å². The highest BCUT2D eigenvalue weighted by molar-refractivity contribution is 14.0. The van der Waals surface area contributed by atoms with Crippen LogP contribution >= 0.6 is 24.0 Å². The van der Waals surface area contributed by atoms with Gasteiger partial charge in [0.2, 0.25) is 5.88 Å². The molecular weight excluding hydrogens is 448 g/mol. The third-order valence-electron chi connectivity index (χ3n) is 3.02. The lowest BCUT2D eigenvalue weighted by Crippen LogP contribution is -2.37. The summed E-state index contributed by atoms with van der Waals surface area (Å²) in [6.45, 7) is 4.65. The lowest BCUT2D eigenvalue weighted by molar-refractivity contribution is -0.154. The third kappa shape index (κ3) is 11.8. The fourth-order valence-corrected chi connectivity index (χ4v) is 1.88. The quantitative estimate of drug-likeness (QED) is 0.247. The van der Waals surface area contributed by atoms with Gasteiger partial charge in [0.1, 0.15) is 0 Å². The van der Waals surface area contributed by atoms with E-state index >= 15 is 0 Å². The minimum Gasteiger partial charge on any atom is -0.468 e. The van der Waals surface area contributed by atoms with Gasteiger partial charge in [0.25, 0.3) is 0 Å². The van der Waals surface area contributed by atoms with Gasteiger partial charge in [-0.15, -0.1) is 24.0 Å². The molecule has 0 spiro atoms. The van der Waals surface area contributed by atoms with Crippen LogP contribution in [0, 0.1) is 0 Å². The van der Waals surface area contributed by atoms with E-state index in [1.165, 1.54) is 12.3 Å². The van der Waals surface area contributed by atoms with Gasteiger partial charge in [-0.1, -0.05) is 19.8 Å². The van der Waals surface area contributed by atoms with Crippen LogP contribution in [0.2, 0.25) is 0 Å². The van der Waals surface area contributed by atoms with Gasteiger partial charge in [0.15, 0.2) is 12.6 Å². The molecule has 0 atom stereocenters. The monoisotopic (exact) mass is 474 g/mol. The lowest BCUT2D eigenvalue weighted by atomic mass is 10.2. The third-order valence-corrected chi connectivity index (χ3v) is 3.02. The minimum absolute atomic E-state index is 0. The molecule has 1 aromatic heterocycles. The van der Waals surface area contributed by atoms with Crippen molar-refractivity contribution in [3.63, 3.8) is 0 Å². The molecule has 1 rings (SSSR count). The van der Waals surface area contributed by atoms with E-state index in [0.717, 1.165) is 37.9 Å². The standard InChI is InChI=1S/C16H25F3N4O.HI/c1-3-5-6-8-22-15(20-4-2)23-11-13-7-9-21-14(10-13)24-12-16(17,18)19;/h7,9-10H,3-6,8,11-12H2,1-2H3,(H2,20,22,23);1H. The second-order valence-corrected chi connectivity index (χ2v) is 5.24. The molecule has 0 aliphatic heterocycles. The maximum atomic E-state index is 12.2. The van der Waals surface area contributed by atoms with Crippen molar-refractivity contribution < 1.29 is 17.9 Å². The van der Waals surface area contributed by atoms with Gasteiger partial charge < -0.3 is 15.4 Å². The molecule has 2 N–H and O–H groups in total. The van der Waals surface area contributed by atoms with Crippen LogP contribution in [0.5, 0.6) is 5.88 Å². The van der Waals surface area contributed by atoms with Crippen molar-refractivity contribution in [3.05, 3.63) is 23.9 Å². The van der Waals surface area contributed by atoms with Crippen LogP contribution in [0.3, 0.4) is 0 Å². The van der Waals surface area contributed by atoms with Crippen molar-refractivity contribution in [2.24, 2.45) is 4.99 Å². The number of pyridine rings is 1. The van der Waals surface area contributed by atoms with E-state index < -0.39 is 12.8 Å². The highest BCUT2D eigenvalue weighted by atomic mass is 127. The second kappa shape index (κ2) is 13.0. The number of hydrogen-bond acceptors (Lipinski definition) is 3. The first-order chi connectivity index (χ1) is 11.4. The molecule has 9 heteroatoms. The molecule has 1 heterocycles. The van der Waals surface area contributed by atoms with Crippen molar-refractivity contribution >= 4 is 29.9 Å². The normalized spacial score (nSPS) is 11.6.